The molecule has 0 bridgehead atoms. The molecule has 1 saturated carbocycles. The van der Waals surface area contributed by atoms with Crippen LogP contribution in [0.1, 0.15) is 6.42 Å². The van der Waals surface area contributed by atoms with Crippen LogP contribution in [0.5, 0.6) is 5.75 Å². The minimum absolute atomic E-state index is 0.0439. The van der Waals surface area contributed by atoms with Gasteiger partial charge in [-0.25, -0.2) is 18.7 Å². The van der Waals surface area contributed by atoms with Gasteiger partial charge < -0.3 is 29.6 Å². The van der Waals surface area contributed by atoms with Crippen molar-refractivity contribution in [1.82, 2.24) is 14.9 Å². The average molecular weight is 630 g/mol. The lowest BCUT2D eigenvalue weighted by atomic mass is 10.1. The van der Waals surface area contributed by atoms with Crippen LogP contribution in [0.4, 0.5) is 26.0 Å². The Kier molecular flexibility index (Phi) is 9.53. The molecule has 2 N–H and O–H groups in total. The molecule has 234 valence electrons. The fourth-order valence-electron chi connectivity index (χ4n) is 5.78. The zero-order valence-corrected chi connectivity index (χ0v) is 25.0. The van der Waals surface area contributed by atoms with E-state index >= 15 is 4.39 Å². The lowest BCUT2D eigenvalue weighted by Gasteiger charge is -2.16. The summed E-state index contributed by atoms with van der Waals surface area (Å²) >= 11 is 5.96. The van der Waals surface area contributed by atoms with Crippen LogP contribution in [0.2, 0.25) is 5.02 Å². The standard InChI is InChI=1S/C31H34ClF2N5O5/c1-41-8-9-43-19-4-6-39(13-19)7-5-26(34)31(40)38-28-11-20-27(12-29(28)44-16-23-21-14-42-15-22(21)23)35-17-36-30(20)37-18-2-3-25(33)24(32)10-18/h2-3,5,10-12,17,19,21-23H,4,6-9,13-16H2,1H3,(H,38,40)(H,35,36,37). The van der Waals surface area contributed by atoms with Crippen molar-refractivity contribution in [3.05, 3.63) is 59.4 Å². The van der Waals surface area contributed by atoms with Gasteiger partial charge in [0.05, 0.1) is 55.4 Å². The minimum atomic E-state index is -0.905. The summed E-state index contributed by atoms with van der Waals surface area (Å²) in [6.45, 7) is 4.60. The van der Waals surface area contributed by atoms with Crippen molar-refractivity contribution < 1.29 is 32.5 Å². The Bertz CT molecular complexity index is 1530. The molecule has 2 aromatic carbocycles. The Morgan fingerprint density at radius 2 is 2.05 bits per heavy atom. The third-order valence-corrected chi connectivity index (χ3v) is 8.63. The molecule has 3 heterocycles. The number of carbonyl (C=O) groups excluding carboxylic acids is 1. The van der Waals surface area contributed by atoms with E-state index in [1.54, 1.807) is 19.2 Å². The number of halogens is 3. The number of benzene rings is 2. The molecule has 3 unspecified atom stereocenters. The van der Waals surface area contributed by atoms with Crippen molar-refractivity contribution >= 4 is 45.6 Å². The highest BCUT2D eigenvalue weighted by atomic mass is 35.5. The van der Waals surface area contributed by atoms with Crippen LogP contribution < -0.4 is 15.4 Å². The van der Waals surface area contributed by atoms with Gasteiger partial charge in [0.2, 0.25) is 0 Å². The van der Waals surface area contributed by atoms with Crippen LogP contribution in [0.15, 0.2) is 48.6 Å². The van der Waals surface area contributed by atoms with Crippen LogP contribution >= 0.6 is 11.6 Å². The van der Waals surface area contributed by atoms with Crippen LogP contribution in [-0.2, 0) is 19.0 Å². The van der Waals surface area contributed by atoms with Gasteiger partial charge in [0.25, 0.3) is 5.91 Å². The Morgan fingerprint density at radius 1 is 1.20 bits per heavy atom. The molecule has 10 nitrogen and oxygen atoms in total. The van der Waals surface area contributed by atoms with Gasteiger partial charge in [-0.2, -0.15) is 0 Å². The maximum atomic E-state index is 15.1. The van der Waals surface area contributed by atoms with E-state index in [2.05, 4.69) is 20.6 Å². The molecule has 1 aliphatic carbocycles. The van der Waals surface area contributed by atoms with Gasteiger partial charge in [-0.3, -0.25) is 9.69 Å². The second-order valence-corrected chi connectivity index (χ2v) is 11.6. The van der Waals surface area contributed by atoms with Gasteiger partial charge >= 0.3 is 0 Å². The van der Waals surface area contributed by atoms with Gasteiger partial charge in [-0.15, -0.1) is 0 Å². The van der Waals surface area contributed by atoms with Crippen LogP contribution in [-0.4, -0.2) is 86.7 Å². The number of hydrogen-bond acceptors (Lipinski definition) is 9. The molecule has 3 aromatic rings. The number of carbonyl (C=O) groups is 1. The topological polar surface area (TPSA) is 107 Å². The van der Waals surface area contributed by atoms with Gasteiger partial charge in [-0.05, 0) is 48.6 Å². The molecule has 0 spiro atoms. The number of nitrogens with one attached hydrogen (secondary N) is 2. The molecular weight excluding hydrogens is 596 g/mol. The monoisotopic (exact) mass is 629 g/mol. The van der Waals surface area contributed by atoms with E-state index in [4.69, 9.17) is 30.5 Å². The molecule has 44 heavy (non-hydrogen) atoms. The smallest absolute Gasteiger partial charge is 0.284 e. The highest BCUT2D eigenvalue weighted by Gasteiger charge is 2.54. The fourth-order valence-corrected chi connectivity index (χ4v) is 5.96. The molecular formula is C31H34ClF2N5O5. The highest BCUT2D eigenvalue weighted by Crippen LogP contribution is 2.51. The molecule has 3 fully saturated rings. The van der Waals surface area contributed by atoms with Crippen molar-refractivity contribution in [2.45, 2.75) is 12.5 Å². The number of anilines is 3. The number of methoxy groups -OCH3 is 1. The summed E-state index contributed by atoms with van der Waals surface area (Å²) in [7, 11) is 1.62. The predicted octanol–water partition coefficient (Wildman–Crippen LogP) is 4.97. The lowest BCUT2D eigenvalue weighted by Crippen LogP contribution is -2.25. The molecule has 3 aliphatic rings. The Hall–Kier alpha value is -3.42. The van der Waals surface area contributed by atoms with Crippen LogP contribution in [0, 0.1) is 23.6 Å². The quantitative estimate of drug-likeness (QED) is 0.200. The summed E-state index contributed by atoms with van der Waals surface area (Å²) < 4.78 is 51.2. The van der Waals surface area contributed by atoms with E-state index in [1.165, 1.54) is 30.6 Å². The first kappa shape index (κ1) is 30.6. The highest BCUT2D eigenvalue weighted by molar-refractivity contribution is 6.31. The maximum Gasteiger partial charge on any atom is 0.284 e. The van der Waals surface area contributed by atoms with E-state index in [0.717, 1.165) is 26.2 Å². The van der Waals surface area contributed by atoms with Crippen LogP contribution in [0.3, 0.4) is 0 Å². The predicted molar refractivity (Wildman–Crippen MR) is 162 cm³/mol. The fraction of sp³-hybridized carbons (Fsp3) is 0.452. The second kappa shape index (κ2) is 13.7. The van der Waals surface area contributed by atoms with Crippen molar-refractivity contribution in [2.24, 2.45) is 17.8 Å². The number of nitrogens with zero attached hydrogens (tertiary/aromatic N) is 3. The van der Waals surface area contributed by atoms with E-state index in [0.29, 0.717) is 72.3 Å². The molecule has 3 atom stereocenters. The zero-order valence-electron chi connectivity index (χ0n) is 24.2. The number of ether oxygens (including phenoxy) is 4. The minimum Gasteiger partial charge on any atom is -0.491 e. The summed E-state index contributed by atoms with van der Waals surface area (Å²) in [6.07, 6.45) is 3.55. The van der Waals surface area contributed by atoms with Gasteiger partial charge in [0.15, 0.2) is 5.83 Å². The first-order valence-electron chi connectivity index (χ1n) is 14.6. The number of amides is 1. The summed E-state index contributed by atoms with van der Waals surface area (Å²) in [5.41, 5.74) is 1.32. The number of rotatable bonds is 13. The molecule has 1 amide bonds. The maximum absolute atomic E-state index is 15.1. The lowest BCUT2D eigenvalue weighted by molar-refractivity contribution is -0.114. The number of aromatic nitrogens is 2. The van der Waals surface area contributed by atoms with Crippen molar-refractivity contribution in [3.8, 4) is 5.75 Å². The summed E-state index contributed by atoms with van der Waals surface area (Å²) in [5.74, 6) is -0.260. The van der Waals surface area contributed by atoms with Crippen LogP contribution in [0.25, 0.3) is 10.9 Å². The largest absolute Gasteiger partial charge is 0.491 e. The molecule has 1 aromatic heterocycles. The van der Waals surface area contributed by atoms with Crippen molar-refractivity contribution in [2.75, 3.05) is 70.4 Å². The van der Waals surface area contributed by atoms with Gasteiger partial charge in [0.1, 0.15) is 23.7 Å². The van der Waals surface area contributed by atoms with Gasteiger partial charge in [0, 0.05) is 49.8 Å². The first-order chi connectivity index (χ1) is 21.4. The van der Waals surface area contributed by atoms with Crippen molar-refractivity contribution in [1.29, 1.82) is 0 Å². The molecule has 0 radical (unpaired) electrons. The Balaban J connectivity index is 1.19. The third-order valence-electron chi connectivity index (χ3n) is 8.34. The van der Waals surface area contributed by atoms with E-state index in [1.807, 2.05) is 4.90 Å². The summed E-state index contributed by atoms with van der Waals surface area (Å²) in [6, 6.07) is 7.55. The third kappa shape index (κ3) is 7.10. The van der Waals surface area contributed by atoms with E-state index < -0.39 is 17.6 Å². The molecule has 6 rings (SSSR count). The normalized spacial score (nSPS) is 23.1. The van der Waals surface area contributed by atoms with E-state index in [9.17, 15) is 9.18 Å². The number of fused-ring (bicyclic) bond motifs is 2. The number of hydrogen-bond donors (Lipinski definition) is 2. The average Bonchev–Trinajstić information content (AvgIpc) is 3.32. The summed E-state index contributed by atoms with van der Waals surface area (Å²) in [4.78, 5) is 23.8. The first-order valence-corrected chi connectivity index (χ1v) is 15.0. The molecule has 2 aliphatic heterocycles. The van der Waals surface area contributed by atoms with Gasteiger partial charge in [-0.1, -0.05) is 11.6 Å². The Morgan fingerprint density at radius 3 is 2.84 bits per heavy atom. The molecule has 13 heteroatoms. The summed E-state index contributed by atoms with van der Waals surface area (Å²) in [5, 5.41) is 6.29. The SMILES string of the molecule is COCCOC1CCN(CC=C(F)C(=O)Nc2cc3c(Nc4ccc(F)c(Cl)c4)ncnc3cc2OCC2C3COCC32)C1. The zero-order chi connectivity index (χ0) is 30.6. The number of likely N-dealkylation sites (tertiary alicyclic amines) is 1. The Labute approximate surface area is 258 Å². The second-order valence-electron chi connectivity index (χ2n) is 11.2. The molecule has 2 saturated heterocycles. The van der Waals surface area contributed by atoms with E-state index in [-0.39, 0.29) is 23.4 Å². The van der Waals surface area contributed by atoms with Crippen molar-refractivity contribution in [3.63, 3.8) is 0 Å².